The number of thiophene rings is 1. The van der Waals surface area contributed by atoms with Gasteiger partial charge in [0, 0.05) is 18.8 Å². The average Bonchev–Trinajstić information content (AvgIpc) is 2.77. The van der Waals surface area contributed by atoms with Crippen molar-refractivity contribution in [2.45, 2.75) is 20.0 Å². The molecule has 0 spiro atoms. The third-order valence-corrected chi connectivity index (χ3v) is 3.45. The number of hydrogen-bond donors (Lipinski definition) is 2. The summed E-state index contributed by atoms with van der Waals surface area (Å²) in [6, 6.07) is 7.70. The molecule has 0 aromatic carbocycles. The number of nitrogens with one attached hydrogen (secondary N) is 1. The SMILES string of the molecule is Cc1cccc(CNCc2ccsc2C(=O)O)n1. The van der Waals surface area contributed by atoms with Gasteiger partial charge in [0.2, 0.25) is 0 Å². The van der Waals surface area contributed by atoms with E-state index in [0.717, 1.165) is 17.0 Å². The van der Waals surface area contributed by atoms with Crippen molar-refractivity contribution in [3.63, 3.8) is 0 Å². The summed E-state index contributed by atoms with van der Waals surface area (Å²) in [4.78, 5) is 15.7. The Bertz CT molecular complexity index is 551. The van der Waals surface area contributed by atoms with Crippen molar-refractivity contribution in [1.82, 2.24) is 10.3 Å². The number of rotatable bonds is 5. The minimum absolute atomic E-state index is 0.403. The van der Waals surface area contributed by atoms with E-state index < -0.39 is 5.97 Å². The van der Waals surface area contributed by atoms with Crippen LogP contribution < -0.4 is 5.32 Å². The summed E-state index contributed by atoms with van der Waals surface area (Å²) in [6.07, 6.45) is 0. The zero-order valence-electron chi connectivity index (χ0n) is 10.0. The third kappa shape index (κ3) is 3.15. The molecule has 2 aromatic rings. The first kappa shape index (κ1) is 12.7. The molecule has 0 unspecified atom stereocenters. The number of aromatic carboxylic acids is 1. The van der Waals surface area contributed by atoms with Gasteiger partial charge in [0.15, 0.2) is 0 Å². The Morgan fingerprint density at radius 2 is 2.22 bits per heavy atom. The lowest BCUT2D eigenvalue weighted by Gasteiger charge is -2.04. The van der Waals surface area contributed by atoms with Crippen LogP contribution in [0.4, 0.5) is 0 Å². The van der Waals surface area contributed by atoms with E-state index in [4.69, 9.17) is 5.11 Å². The Hall–Kier alpha value is -1.72. The van der Waals surface area contributed by atoms with Gasteiger partial charge in [-0.05, 0) is 36.1 Å². The molecule has 2 rings (SSSR count). The molecule has 0 radical (unpaired) electrons. The molecule has 0 bridgehead atoms. The molecule has 0 amide bonds. The van der Waals surface area contributed by atoms with Crippen molar-refractivity contribution in [1.29, 1.82) is 0 Å². The van der Waals surface area contributed by atoms with Crippen molar-refractivity contribution in [2.75, 3.05) is 0 Å². The number of carbonyl (C=O) groups is 1. The van der Waals surface area contributed by atoms with Gasteiger partial charge in [0.05, 0.1) is 5.69 Å². The van der Waals surface area contributed by atoms with Crippen molar-refractivity contribution < 1.29 is 9.90 Å². The zero-order valence-corrected chi connectivity index (χ0v) is 10.8. The summed E-state index contributed by atoms with van der Waals surface area (Å²) in [5.41, 5.74) is 2.76. The number of aromatic nitrogens is 1. The van der Waals surface area contributed by atoms with Gasteiger partial charge in [-0.3, -0.25) is 4.98 Å². The van der Waals surface area contributed by atoms with E-state index >= 15 is 0 Å². The molecule has 2 N–H and O–H groups in total. The highest BCUT2D eigenvalue weighted by Gasteiger charge is 2.10. The Morgan fingerprint density at radius 3 is 2.94 bits per heavy atom. The lowest BCUT2D eigenvalue weighted by Crippen LogP contribution is -2.15. The number of pyridine rings is 1. The Kier molecular flexibility index (Phi) is 4.07. The average molecular weight is 262 g/mol. The molecule has 94 valence electrons. The fourth-order valence-electron chi connectivity index (χ4n) is 1.69. The van der Waals surface area contributed by atoms with Gasteiger partial charge in [-0.1, -0.05) is 6.07 Å². The number of aryl methyl sites for hydroxylation is 1. The lowest BCUT2D eigenvalue weighted by molar-refractivity contribution is 0.0701. The largest absolute Gasteiger partial charge is 0.477 e. The van der Waals surface area contributed by atoms with Crippen LogP contribution in [0.2, 0.25) is 0 Å². The van der Waals surface area contributed by atoms with E-state index in [1.807, 2.05) is 31.2 Å². The van der Waals surface area contributed by atoms with E-state index in [1.165, 1.54) is 11.3 Å². The maximum absolute atomic E-state index is 10.9. The summed E-state index contributed by atoms with van der Waals surface area (Å²) in [5.74, 6) is -0.865. The molecule has 2 aromatic heterocycles. The standard InChI is InChI=1S/C13H14N2O2S/c1-9-3-2-4-11(15-9)8-14-7-10-5-6-18-12(10)13(16)17/h2-6,14H,7-8H2,1H3,(H,16,17). The smallest absolute Gasteiger partial charge is 0.346 e. The fourth-order valence-corrected chi connectivity index (χ4v) is 2.45. The van der Waals surface area contributed by atoms with E-state index in [9.17, 15) is 4.79 Å². The molecule has 0 saturated carbocycles. The Labute approximate surface area is 109 Å². The van der Waals surface area contributed by atoms with E-state index in [2.05, 4.69) is 10.3 Å². The second-order valence-corrected chi connectivity index (χ2v) is 4.87. The fraction of sp³-hybridized carbons (Fsp3) is 0.231. The summed E-state index contributed by atoms with van der Waals surface area (Å²) in [6.45, 7) is 3.13. The predicted octanol–water partition coefficient (Wildman–Crippen LogP) is 2.44. The Balaban J connectivity index is 1.92. The minimum atomic E-state index is -0.865. The maximum atomic E-state index is 10.9. The van der Waals surface area contributed by atoms with Gasteiger partial charge in [-0.15, -0.1) is 11.3 Å². The van der Waals surface area contributed by atoms with Crippen LogP contribution in [0.1, 0.15) is 26.6 Å². The van der Waals surface area contributed by atoms with Gasteiger partial charge < -0.3 is 10.4 Å². The van der Waals surface area contributed by atoms with Gasteiger partial charge in [0.1, 0.15) is 4.88 Å². The molecule has 0 aliphatic rings. The van der Waals surface area contributed by atoms with Crippen molar-refractivity contribution in [3.8, 4) is 0 Å². The molecule has 0 aliphatic carbocycles. The number of carboxylic acid groups (broad SMARTS) is 1. The normalized spacial score (nSPS) is 10.5. The van der Waals surface area contributed by atoms with E-state index in [-0.39, 0.29) is 0 Å². The minimum Gasteiger partial charge on any atom is -0.477 e. The van der Waals surface area contributed by atoms with Crippen LogP contribution in [-0.4, -0.2) is 16.1 Å². The van der Waals surface area contributed by atoms with Crippen LogP contribution >= 0.6 is 11.3 Å². The van der Waals surface area contributed by atoms with E-state index in [1.54, 1.807) is 5.38 Å². The molecular formula is C13H14N2O2S. The van der Waals surface area contributed by atoms with Crippen LogP contribution in [0.25, 0.3) is 0 Å². The van der Waals surface area contributed by atoms with Gasteiger partial charge >= 0.3 is 5.97 Å². The quantitative estimate of drug-likeness (QED) is 0.868. The van der Waals surface area contributed by atoms with Crippen LogP contribution in [-0.2, 0) is 13.1 Å². The molecular weight excluding hydrogens is 248 g/mol. The van der Waals surface area contributed by atoms with Gasteiger partial charge in [-0.2, -0.15) is 0 Å². The lowest BCUT2D eigenvalue weighted by atomic mass is 10.2. The van der Waals surface area contributed by atoms with Gasteiger partial charge in [0.25, 0.3) is 0 Å². The van der Waals surface area contributed by atoms with Crippen LogP contribution in [0.15, 0.2) is 29.6 Å². The number of nitrogens with zero attached hydrogens (tertiary/aromatic N) is 1. The van der Waals surface area contributed by atoms with Crippen LogP contribution in [0, 0.1) is 6.92 Å². The summed E-state index contributed by atoms with van der Waals surface area (Å²) < 4.78 is 0. The molecule has 0 atom stereocenters. The zero-order chi connectivity index (χ0) is 13.0. The molecule has 4 nitrogen and oxygen atoms in total. The van der Waals surface area contributed by atoms with E-state index in [0.29, 0.717) is 18.0 Å². The third-order valence-electron chi connectivity index (χ3n) is 2.51. The molecule has 0 saturated heterocycles. The molecule has 2 heterocycles. The van der Waals surface area contributed by atoms with Crippen LogP contribution in [0.3, 0.4) is 0 Å². The maximum Gasteiger partial charge on any atom is 0.346 e. The first-order chi connectivity index (χ1) is 8.66. The summed E-state index contributed by atoms with van der Waals surface area (Å²) >= 11 is 1.25. The number of carboxylic acids is 1. The second kappa shape index (κ2) is 5.75. The summed E-state index contributed by atoms with van der Waals surface area (Å²) in [5, 5.41) is 14.0. The highest BCUT2D eigenvalue weighted by Crippen LogP contribution is 2.16. The first-order valence-electron chi connectivity index (χ1n) is 5.60. The monoisotopic (exact) mass is 262 g/mol. The molecule has 0 fully saturated rings. The topological polar surface area (TPSA) is 62.2 Å². The van der Waals surface area contributed by atoms with Crippen molar-refractivity contribution in [3.05, 3.63) is 51.5 Å². The second-order valence-electron chi connectivity index (χ2n) is 3.95. The molecule has 5 heteroatoms. The first-order valence-corrected chi connectivity index (χ1v) is 6.47. The van der Waals surface area contributed by atoms with Gasteiger partial charge in [-0.25, -0.2) is 4.79 Å². The molecule has 18 heavy (non-hydrogen) atoms. The highest BCUT2D eigenvalue weighted by molar-refractivity contribution is 7.12. The Morgan fingerprint density at radius 1 is 1.39 bits per heavy atom. The number of hydrogen-bond acceptors (Lipinski definition) is 4. The van der Waals surface area contributed by atoms with Crippen LogP contribution in [0.5, 0.6) is 0 Å². The molecule has 0 aliphatic heterocycles. The van der Waals surface area contributed by atoms with Crippen molar-refractivity contribution >= 4 is 17.3 Å². The predicted molar refractivity (Wildman–Crippen MR) is 70.8 cm³/mol. The highest BCUT2D eigenvalue weighted by atomic mass is 32.1. The summed E-state index contributed by atoms with van der Waals surface area (Å²) in [7, 11) is 0. The van der Waals surface area contributed by atoms with Crippen molar-refractivity contribution in [2.24, 2.45) is 0 Å².